The number of halogens is 2. The van der Waals surface area contributed by atoms with Crippen LogP contribution < -0.4 is 10.6 Å². The molecule has 7 heteroatoms. The summed E-state index contributed by atoms with van der Waals surface area (Å²) >= 11 is 15.2. The van der Waals surface area contributed by atoms with Gasteiger partial charge >= 0.3 is 0 Å². The predicted octanol–water partition coefficient (Wildman–Crippen LogP) is 5.77. The minimum Gasteiger partial charge on any atom is -0.332 e. The normalized spacial score (nSPS) is 10.6. The first kappa shape index (κ1) is 18.9. The number of aromatic nitrogens is 2. The van der Waals surface area contributed by atoms with Crippen molar-refractivity contribution in [3.63, 3.8) is 0 Å². The molecule has 0 unspecified atom stereocenters. The van der Waals surface area contributed by atoms with Crippen molar-refractivity contribution in [2.24, 2.45) is 0 Å². The van der Waals surface area contributed by atoms with Crippen LogP contribution in [0.15, 0.2) is 53.1 Å². The van der Waals surface area contributed by atoms with Gasteiger partial charge in [-0.2, -0.15) is 5.10 Å². The molecule has 2 aromatic carbocycles. The van der Waals surface area contributed by atoms with E-state index in [0.29, 0.717) is 17.5 Å². The van der Waals surface area contributed by atoms with Gasteiger partial charge in [-0.25, -0.2) is 0 Å². The number of benzene rings is 2. The Kier molecular flexibility index (Phi) is 5.96. The summed E-state index contributed by atoms with van der Waals surface area (Å²) in [7, 11) is 0. The van der Waals surface area contributed by atoms with Gasteiger partial charge in [0.1, 0.15) is 0 Å². The molecule has 3 rings (SSSR count). The number of nitrogens with zero attached hydrogens (tertiary/aromatic N) is 2. The lowest BCUT2D eigenvalue weighted by molar-refractivity contribution is 0.690. The highest BCUT2D eigenvalue weighted by molar-refractivity contribution is 9.10. The van der Waals surface area contributed by atoms with Gasteiger partial charge in [0.15, 0.2) is 10.9 Å². The van der Waals surface area contributed by atoms with Gasteiger partial charge in [0.05, 0.1) is 11.0 Å². The fourth-order valence-electron chi connectivity index (χ4n) is 2.51. The maximum absolute atomic E-state index is 6.22. The number of thiocarbonyl (C=S) groups is 1. The molecule has 0 aliphatic heterocycles. The molecular formula is C19H18BrClN4S. The highest BCUT2D eigenvalue weighted by Gasteiger charge is 2.10. The third-order valence-electron chi connectivity index (χ3n) is 4.09. The minimum atomic E-state index is 0.488. The van der Waals surface area contributed by atoms with Crippen LogP contribution in [0, 0.1) is 13.8 Å². The van der Waals surface area contributed by atoms with Gasteiger partial charge < -0.3 is 10.6 Å². The molecule has 0 amide bonds. The van der Waals surface area contributed by atoms with E-state index in [9.17, 15) is 0 Å². The molecule has 2 N–H and O–H groups in total. The molecule has 4 nitrogen and oxygen atoms in total. The van der Waals surface area contributed by atoms with E-state index >= 15 is 0 Å². The Bertz CT molecular complexity index is 954. The molecule has 0 aliphatic carbocycles. The van der Waals surface area contributed by atoms with E-state index in [4.69, 9.17) is 23.8 Å². The molecule has 3 aromatic rings. The summed E-state index contributed by atoms with van der Waals surface area (Å²) in [6.45, 7) is 4.72. The molecule has 134 valence electrons. The van der Waals surface area contributed by atoms with Crippen molar-refractivity contribution in [3.05, 3.63) is 74.8 Å². The van der Waals surface area contributed by atoms with Crippen LogP contribution in [-0.4, -0.2) is 14.9 Å². The number of rotatable bonds is 4. The second-order valence-corrected chi connectivity index (χ2v) is 7.61. The van der Waals surface area contributed by atoms with E-state index in [-0.39, 0.29) is 0 Å². The average Bonchev–Trinajstić information content (AvgIpc) is 2.93. The zero-order chi connectivity index (χ0) is 18.7. The molecule has 26 heavy (non-hydrogen) atoms. The lowest BCUT2D eigenvalue weighted by Gasteiger charge is -2.12. The second kappa shape index (κ2) is 8.20. The van der Waals surface area contributed by atoms with Crippen molar-refractivity contribution < 1.29 is 0 Å². The zero-order valence-corrected chi connectivity index (χ0v) is 17.5. The first-order valence-corrected chi connectivity index (χ1v) is 9.62. The van der Waals surface area contributed by atoms with Crippen LogP contribution >= 0.6 is 39.7 Å². The lowest BCUT2D eigenvalue weighted by Crippen LogP contribution is -2.20. The summed E-state index contributed by atoms with van der Waals surface area (Å²) in [4.78, 5) is 0. The first-order valence-electron chi connectivity index (χ1n) is 8.04. The number of hydrogen-bond donors (Lipinski definition) is 2. The molecule has 0 saturated heterocycles. The van der Waals surface area contributed by atoms with Crippen LogP contribution in [0.25, 0.3) is 0 Å². The third kappa shape index (κ3) is 4.44. The van der Waals surface area contributed by atoms with Gasteiger partial charge in [-0.05, 0) is 70.8 Å². The highest BCUT2D eigenvalue weighted by Crippen LogP contribution is 2.23. The van der Waals surface area contributed by atoms with Crippen LogP contribution in [0.5, 0.6) is 0 Å². The fourth-order valence-corrected chi connectivity index (χ4v) is 3.33. The van der Waals surface area contributed by atoms with Crippen molar-refractivity contribution in [2.45, 2.75) is 20.4 Å². The van der Waals surface area contributed by atoms with E-state index in [1.807, 2.05) is 47.3 Å². The van der Waals surface area contributed by atoms with Crippen LogP contribution in [0.1, 0.15) is 16.7 Å². The van der Waals surface area contributed by atoms with Crippen molar-refractivity contribution >= 4 is 56.4 Å². The molecule has 0 radical (unpaired) electrons. The molecule has 0 atom stereocenters. The summed E-state index contributed by atoms with van der Waals surface area (Å²) in [6, 6.07) is 13.8. The topological polar surface area (TPSA) is 41.9 Å². The first-order chi connectivity index (χ1) is 12.4. The van der Waals surface area contributed by atoms with Crippen molar-refractivity contribution in [1.82, 2.24) is 9.78 Å². The smallest absolute Gasteiger partial charge is 0.176 e. The Labute approximate surface area is 171 Å². The third-order valence-corrected chi connectivity index (χ3v) is 5.25. The SMILES string of the molecule is Cc1cccc(NC(=S)Nc2nn(Cc3ccccc3Cl)cc2Br)c1C. The Balaban J connectivity index is 1.70. The molecule has 0 aliphatic rings. The van der Waals surface area contributed by atoms with Crippen LogP contribution in [-0.2, 0) is 6.54 Å². The summed E-state index contributed by atoms with van der Waals surface area (Å²) in [6.07, 6.45) is 1.90. The molecule has 1 aromatic heterocycles. The summed E-state index contributed by atoms with van der Waals surface area (Å²) in [5.74, 6) is 0.653. The Morgan fingerprint density at radius 2 is 1.92 bits per heavy atom. The summed E-state index contributed by atoms with van der Waals surface area (Å²) in [5.41, 5.74) is 4.36. The van der Waals surface area contributed by atoms with Gasteiger partial charge in [-0.3, -0.25) is 4.68 Å². The van der Waals surface area contributed by atoms with Crippen molar-refractivity contribution in [2.75, 3.05) is 10.6 Å². The Hall–Kier alpha value is -1.89. The quantitative estimate of drug-likeness (QED) is 0.496. The molecule has 1 heterocycles. The standard InChI is InChI=1S/C19H18BrClN4S/c1-12-6-5-9-17(13(12)2)22-19(26)23-18-15(20)11-25(24-18)10-14-7-3-4-8-16(14)21/h3-9,11H,10H2,1-2H3,(H2,22,23,24,26). The largest absolute Gasteiger partial charge is 0.332 e. The second-order valence-electron chi connectivity index (χ2n) is 5.94. The Morgan fingerprint density at radius 1 is 1.15 bits per heavy atom. The van der Waals surface area contributed by atoms with Gasteiger partial charge in [0.25, 0.3) is 0 Å². The molecular weight excluding hydrogens is 432 g/mol. The van der Waals surface area contributed by atoms with Crippen LogP contribution in [0.2, 0.25) is 5.02 Å². The maximum atomic E-state index is 6.22. The van der Waals surface area contributed by atoms with Crippen molar-refractivity contribution in [1.29, 1.82) is 0 Å². The number of aryl methyl sites for hydroxylation is 1. The van der Waals surface area contributed by atoms with Gasteiger partial charge in [0, 0.05) is 16.9 Å². The van der Waals surface area contributed by atoms with Gasteiger partial charge in [-0.15, -0.1) is 0 Å². The van der Waals surface area contributed by atoms with E-state index in [1.165, 1.54) is 11.1 Å². The van der Waals surface area contributed by atoms with Crippen molar-refractivity contribution in [3.8, 4) is 0 Å². The van der Waals surface area contributed by atoms with Gasteiger partial charge in [-0.1, -0.05) is 41.9 Å². The maximum Gasteiger partial charge on any atom is 0.176 e. The molecule has 0 bridgehead atoms. The minimum absolute atomic E-state index is 0.488. The molecule has 0 fully saturated rings. The molecule has 0 spiro atoms. The van der Waals surface area contributed by atoms with E-state index in [0.717, 1.165) is 20.7 Å². The van der Waals surface area contributed by atoms with E-state index in [2.05, 4.69) is 51.6 Å². The van der Waals surface area contributed by atoms with Crippen LogP contribution in [0.4, 0.5) is 11.5 Å². The number of hydrogen-bond acceptors (Lipinski definition) is 2. The van der Waals surface area contributed by atoms with Gasteiger partial charge in [0.2, 0.25) is 0 Å². The number of nitrogens with one attached hydrogen (secondary N) is 2. The summed E-state index contributed by atoms with van der Waals surface area (Å²) in [5, 5.41) is 12.1. The average molecular weight is 450 g/mol. The monoisotopic (exact) mass is 448 g/mol. The predicted molar refractivity (Wildman–Crippen MR) is 116 cm³/mol. The van der Waals surface area contributed by atoms with Crippen LogP contribution in [0.3, 0.4) is 0 Å². The highest BCUT2D eigenvalue weighted by atomic mass is 79.9. The Morgan fingerprint density at radius 3 is 2.69 bits per heavy atom. The lowest BCUT2D eigenvalue weighted by atomic mass is 10.1. The molecule has 0 saturated carbocycles. The van der Waals surface area contributed by atoms with E-state index in [1.54, 1.807) is 0 Å². The zero-order valence-electron chi connectivity index (χ0n) is 14.4. The summed E-state index contributed by atoms with van der Waals surface area (Å²) < 4.78 is 2.64. The fraction of sp³-hybridized carbons (Fsp3) is 0.158. The number of anilines is 2. The van der Waals surface area contributed by atoms with E-state index < -0.39 is 0 Å².